The van der Waals surface area contributed by atoms with Crippen LogP contribution in [-0.2, 0) is 9.47 Å². The van der Waals surface area contributed by atoms with E-state index in [1.807, 2.05) is 24.0 Å². The molecule has 154 valence electrons. The summed E-state index contributed by atoms with van der Waals surface area (Å²) in [5.74, 6) is 0.510. The zero-order valence-corrected chi connectivity index (χ0v) is 19.4. The first-order chi connectivity index (χ1) is 12.5. The van der Waals surface area contributed by atoms with Gasteiger partial charge in [0.2, 0.25) is 0 Å². The molecular weight excluding hydrogens is 441 g/mol. The molecule has 1 atom stereocenters. The number of halogens is 1. The number of alkyl halides is 1. The van der Waals surface area contributed by atoms with Crippen LogP contribution >= 0.6 is 0 Å². The van der Waals surface area contributed by atoms with Crippen LogP contribution in [0.15, 0.2) is 23.9 Å². The third-order valence-electron chi connectivity index (χ3n) is 4.91. The fourth-order valence-electron chi connectivity index (χ4n) is 3.06. The molecule has 0 saturated carbocycles. The Morgan fingerprint density at radius 2 is 1.65 bits per heavy atom. The quantitative estimate of drug-likeness (QED) is 0.102. The van der Waals surface area contributed by atoms with Gasteiger partial charge in [0, 0.05) is 0 Å². The molecule has 1 saturated heterocycles. The van der Waals surface area contributed by atoms with Gasteiger partial charge in [0.1, 0.15) is 0 Å². The van der Waals surface area contributed by atoms with Gasteiger partial charge in [0.25, 0.3) is 0 Å². The molecule has 1 aliphatic heterocycles. The molecule has 1 rings (SSSR count). The van der Waals surface area contributed by atoms with Crippen LogP contribution in [0.25, 0.3) is 0 Å². The zero-order chi connectivity index (χ0) is 19.3. The second kappa shape index (κ2) is 14.1. The summed E-state index contributed by atoms with van der Waals surface area (Å²) in [6.45, 7) is 5.75. The van der Waals surface area contributed by atoms with Crippen molar-refractivity contribution in [3.05, 3.63) is 29.1 Å². The second-order valence-corrected chi connectivity index (χ2v) is 10.2. The monoisotopic (exact) mass is 480 g/mol. The Hall–Kier alpha value is 0.0500. The minimum absolute atomic E-state index is 0.274. The van der Waals surface area contributed by atoms with Gasteiger partial charge < -0.3 is 0 Å². The van der Waals surface area contributed by atoms with Crippen LogP contribution in [0.4, 0.5) is 0 Å². The summed E-state index contributed by atoms with van der Waals surface area (Å²) in [5.41, 5.74) is 0.952. The molecule has 0 aromatic carbocycles. The summed E-state index contributed by atoms with van der Waals surface area (Å²) < 4.78 is 11.6. The normalized spacial score (nSPS) is 24.3. The molecule has 4 nitrogen and oxygen atoms in total. The van der Waals surface area contributed by atoms with Gasteiger partial charge >= 0.3 is 133 Å². The van der Waals surface area contributed by atoms with Gasteiger partial charge in [0.15, 0.2) is 0 Å². The van der Waals surface area contributed by atoms with Crippen LogP contribution in [0.5, 0.6) is 0 Å². The standard InChI is InChI=1S/C21H39INO3/c1-5-7-8-9-10-11-12-13-14-19-17-25-21(26-18-19)20(6-2)15-16-23(4,24)22-3/h6,15-16,19,21H,5,7-14,17-18H2,1-4H3/q-1/b16-15-,20-6+. The molecule has 0 aromatic heterocycles. The molecule has 26 heavy (non-hydrogen) atoms. The van der Waals surface area contributed by atoms with Crippen LogP contribution in [0, 0.1) is 11.1 Å². The summed E-state index contributed by atoms with van der Waals surface area (Å²) >= 11 is -0.432. The molecule has 1 heterocycles. The Morgan fingerprint density at radius 1 is 1.08 bits per heavy atom. The number of nitrogens with zero attached hydrogens (tertiary/aromatic N) is 1. The van der Waals surface area contributed by atoms with Crippen molar-refractivity contribution in [1.82, 2.24) is 0 Å². The van der Waals surface area contributed by atoms with Crippen molar-refractivity contribution >= 4 is 0 Å². The Morgan fingerprint density at radius 3 is 2.19 bits per heavy atom. The van der Waals surface area contributed by atoms with Crippen molar-refractivity contribution in [3.8, 4) is 0 Å². The molecule has 0 N–H and O–H groups in total. The van der Waals surface area contributed by atoms with E-state index in [0.29, 0.717) is 5.92 Å². The van der Waals surface area contributed by atoms with Gasteiger partial charge in [-0.25, -0.2) is 0 Å². The molecule has 1 aliphatic rings. The van der Waals surface area contributed by atoms with Crippen LogP contribution in [0.2, 0.25) is 0 Å². The van der Waals surface area contributed by atoms with E-state index in [1.54, 1.807) is 13.2 Å². The van der Waals surface area contributed by atoms with E-state index in [4.69, 9.17) is 9.47 Å². The number of quaternary nitrogens is 1. The van der Waals surface area contributed by atoms with Crippen LogP contribution in [-0.4, -0.2) is 34.3 Å². The molecule has 0 aliphatic carbocycles. The van der Waals surface area contributed by atoms with Crippen molar-refractivity contribution in [1.29, 1.82) is 0 Å². The van der Waals surface area contributed by atoms with Crippen LogP contribution in [0.3, 0.4) is 0 Å². The Balaban J connectivity index is 2.19. The predicted octanol–water partition coefficient (Wildman–Crippen LogP) is 2.54. The van der Waals surface area contributed by atoms with E-state index < -0.39 is 21.5 Å². The van der Waals surface area contributed by atoms with Gasteiger partial charge in [-0.05, 0) is 0 Å². The molecule has 0 radical (unpaired) electrons. The van der Waals surface area contributed by atoms with E-state index in [0.717, 1.165) is 18.8 Å². The predicted molar refractivity (Wildman–Crippen MR) is 105 cm³/mol. The fraction of sp³-hybridized carbons (Fsp3) is 0.810. The number of hydroxylamine groups is 2. The topological polar surface area (TPSA) is 41.5 Å². The molecule has 5 heteroatoms. The summed E-state index contributed by atoms with van der Waals surface area (Å²) in [5, 5.41) is 12.1. The number of rotatable bonds is 13. The SMILES string of the molecule is C/C=C(\C=C/[N+](C)([O-])[I-]C)C1OCC(CCCCCCCCCC)CO1. The average Bonchev–Trinajstić information content (AvgIpc) is 2.65. The maximum absolute atomic E-state index is 12.1. The number of hydrogen-bond acceptors (Lipinski definition) is 3. The average molecular weight is 480 g/mol. The van der Waals surface area contributed by atoms with Crippen molar-refractivity contribution in [2.45, 2.75) is 77.9 Å². The first-order valence-corrected chi connectivity index (χ1v) is 13.3. The number of allylic oxidation sites excluding steroid dienone is 1. The van der Waals surface area contributed by atoms with Gasteiger partial charge in [-0.15, -0.1) is 0 Å². The first kappa shape index (κ1) is 24.1. The molecule has 0 spiro atoms. The van der Waals surface area contributed by atoms with Gasteiger partial charge in [-0.1, -0.05) is 39.0 Å². The van der Waals surface area contributed by atoms with Crippen molar-refractivity contribution < 1.29 is 33.8 Å². The van der Waals surface area contributed by atoms with Crippen LogP contribution < -0.4 is 21.5 Å². The Labute approximate surface area is 171 Å². The summed E-state index contributed by atoms with van der Waals surface area (Å²) in [7, 11) is 1.69. The van der Waals surface area contributed by atoms with E-state index in [-0.39, 0.29) is 9.15 Å². The van der Waals surface area contributed by atoms with Crippen LogP contribution in [0.1, 0.15) is 71.6 Å². The van der Waals surface area contributed by atoms with Gasteiger partial charge in [-0.3, -0.25) is 0 Å². The third-order valence-corrected chi connectivity index (χ3v) is 7.14. The Kier molecular flexibility index (Phi) is 13.1. The van der Waals surface area contributed by atoms with E-state index in [2.05, 4.69) is 6.92 Å². The molecule has 0 aromatic rings. The zero-order valence-electron chi connectivity index (χ0n) is 17.2. The van der Waals surface area contributed by atoms with Crippen molar-refractivity contribution in [2.75, 3.05) is 25.2 Å². The molecule has 0 bridgehead atoms. The number of hydrogen-bond donors (Lipinski definition) is 0. The number of ether oxygens (including phenoxy) is 2. The molecule has 1 unspecified atom stereocenters. The molecule has 1 fully saturated rings. The van der Waals surface area contributed by atoms with Gasteiger partial charge in [0.05, 0.1) is 0 Å². The summed E-state index contributed by atoms with van der Waals surface area (Å²) in [6.07, 6.45) is 17.3. The van der Waals surface area contributed by atoms with Crippen molar-refractivity contribution in [2.24, 2.45) is 5.92 Å². The first-order valence-electron chi connectivity index (χ1n) is 10.2. The van der Waals surface area contributed by atoms with E-state index >= 15 is 0 Å². The van der Waals surface area contributed by atoms with E-state index in [1.165, 1.54) is 57.8 Å². The second-order valence-electron chi connectivity index (χ2n) is 7.28. The van der Waals surface area contributed by atoms with Crippen molar-refractivity contribution in [3.63, 3.8) is 0 Å². The molecular formula is C21H39INO3-. The Bertz CT molecular complexity index is 415. The summed E-state index contributed by atoms with van der Waals surface area (Å²) in [6, 6.07) is 0. The fourth-order valence-corrected chi connectivity index (χ4v) is 3.54. The minimum atomic E-state index is -0.432. The maximum atomic E-state index is 12.1. The number of unbranched alkanes of at least 4 members (excludes halogenated alkanes) is 7. The summed E-state index contributed by atoms with van der Waals surface area (Å²) in [4.78, 5) is 2.00. The van der Waals surface area contributed by atoms with E-state index in [9.17, 15) is 5.21 Å². The molecule has 0 amide bonds. The third kappa shape index (κ3) is 10.4. The van der Waals surface area contributed by atoms with Gasteiger partial charge in [-0.2, -0.15) is 0 Å².